The van der Waals surface area contributed by atoms with Crippen LogP contribution in [-0.4, -0.2) is 16.1 Å². The zero-order valence-corrected chi connectivity index (χ0v) is 30.9. The first-order valence-electron chi connectivity index (χ1n) is 17.7. The fourth-order valence-electron chi connectivity index (χ4n) is 9.17. The molecule has 2 aliphatic heterocycles. The summed E-state index contributed by atoms with van der Waals surface area (Å²) in [6, 6.07) is 59.5. The molecule has 0 N–H and O–H groups in total. The zero-order valence-electron chi connectivity index (χ0n) is 28.9. The first-order valence-corrected chi connectivity index (χ1v) is 23.7. The van der Waals surface area contributed by atoms with Crippen molar-refractivity contribution in [1.29, 1.82) is 0 Å². The van der Waals surface area contributed by atoms with E-state index in [1.807, 2.05) is 0 Å². The number of nitrogens with zero attached hydrogens (tertiary/aromatic N) is 2. The van der Waals surface area contributed by atoms with Gasteiger partial charge in [-0.2, -0.15) is 0 Å². The number of hydrogen-bond donors (Lipinski definition) is 0. The van der Waals surface area contributed by atoms with Crippen LogP contribution in [0, 0.1) is 0 Å². The summed E-state index contributed by atoms with van der Waals surface area (Å²) in [6.07, 6.45) is 0. The normalized spacial score (nSPS) is 15.4. The van der Waals surface area contributed by atoms with Gasteiger partial charge in [0.15, 0.2) is 0 Å². The summed E-state index contributed by atoms with van der Waals surface area (Å²) in [5, 5.41) is 13.6. The third-order valence-corrected chi connectivity index (χ3v) is 18.7. The van der Waals surface area contributed by atoms with E-state index in [4.69, 9.17) is 0 Å². The number of anilines is 6. The van der Waals surface area contributed by atoms with E-state index in [9.17, 15) is 0 Å². The van der Waals surface area contributed by atoms with Gasteiger partial charge in [0.25, 0.3) is 0 Å². The molecule has 8 aromatic rings. The molecule has 0 amide bonds. The van der Waals surface area contributed by atoms with Crippen LogP contribution >= 0.6 is 0 Å². The lowest BCUT2D eigenvalue weighted by Crippen LogP contribution is -2.58. The SMILES string of the molecule is C[Si]1(C)c2ccccc2N(c2cc3cc(N4c5ccccc5[Si](C)(C)c5ccccc54)c4ccccc4c3c3ccccc23)c2ccccc21. The summed E-state index contributed by atoms with van der Waals surface area (Å²) >= 11 is 0. The number of hydrogen-bond acceptors (Lipinski definition) is 2. The highest BCUT2D eigenvalue weighted by Gasteiger charge is 2.40. The van der Waals surface area contributed by atoms with E-state index in [2.05, 4.69) is 194 Å². The molecule has 2 aliphatic rings. The molecule has 0 aromatic heterocycles. The highest BCUT2D eigenvalue weighted by atomic mass is 28.3. The van der Waals surface area contributed by atoms with E-state index in [0.29, 0.717) is 0 Å². The lowest BCUT2D eigenvalue weighted by molar-refractivity contribution is 1.30. The van der Waals surface area contributed by atoms with E-state index in [-0.39, 0.29) is 0 Å². The molecule has 2 heterocycles. The molecule has 0 fully saturated rings. The van der Waals surface area contributed by atoms with Crippen molar-refractivity contribution in [2.45, 2.75) is 26.2 Å². The Balaban J connectivity index is 1.33. The topological polar surface area (TPSA) is 6.48 Å². The van der Waals surface area contributed by atoms with Crippen LogP contribution in [0.15, 0.2) is 158 Å². The van der Waals surface area contributed by atoms with Gasteiger partial charge in [-0.15, -0.1) is 0 Å². The van der Waals surface area contributed by atoms with Crippen molar-refractivity contribution in [3.8, 4) is 0 Å². The van der Waals surface area contributed by atoms with Crippen LogP contribution in [0.1, 0.15) is 0 Å². The van der Waals surface area contributed by atoms with E-state index < -0.39 is 16.1 Å². The fraction of sp³-hybridized carbons (Fsp3) is 0.0870. The summed E-state index contributed by atoms with van der Waals surface area (Å²) in [5.41, 5.74) is 7.68. The van der Waals surface area contributed by atoms with Crippen LogP contribution in [0.4, 0.5) is 34.1 Å². The molecule has 50 heavy (non-hydrogen) atoms. The Morgan fingerprint density at radius 1 is 0.320 bits per heavy atom. The maximum Gasteiger partial charge on any atom is 0.117 e. The molecular formula is C46H38N2Si2. The van der Waals surface area contributed by atoms with Crippen molar-refractivity contribution in [2.24, 2.45) is 0 Å². The number of rotatable bonds is 2. The smallest absolute Gasteiger partial charge is 0.117 e. The highest BCUT2D eigenvalue weighted by Crippen LogP contribution is 2.48. The second-order valence-electron chi connectivity index (χ2n) is 15.0. The zero-order chi connectivity index (χ0) is 33.8. The van der Waals surface area contributed by atoms with E-state index in [0.717, 1.165) is 0 Å². The Morgan fingerprint density at radius 2 is 0.600 bits per heavy atom. The molecule has 0 aliphatic carbocycles. The van der Waals surface area contributed by atoms with Crippen molar-refractivity contribution in [3.63, 3.8) is 0 Å². The van der Waals surface area contributed by atoms with Gasteiger partial charge in [-0.3, -0.25) is 0 Å². The van der Waals surface area contributed by atoms with Gasteiger partial charge in [-0.05, 0) is 78.7 Å². The van der Waals surface area contributed by atoms with Crippen LogP contribution < -0.4 is 30.5 Å². The molecule has 0 bridgehead atoms. The lowest BCUT2D eigenvalue weighted by Gasteiger charge is -2.42. The minimum absolute atomic E-state index is 1.23. The predicted molar refractivity (Wildman–Crippen MR) is 222 cm³/mol. The van der Waals surface area contributed by atoms with Gasteiger partial charge in [0.05, 0.1) is 11.4 Å². The maximum absolute atomic E-state index is 2.55. The Labute approximate surface area is 295 Å². The Hall–Kier alpha value is -5.43. The average Bonchev–Trinajstić information content (AvgIpc) is 3.15. The first kappa shape index (κ1) is 29.5. The summed E-state index contributed by atoms with van der Waals surface area (Å²) < 4.78 is 0. The van der Waals surface area contributed by atoms with Gasteiger partial charge in [-0.25, -0.2) is 0 Å². The van der Waals surface area contributed by atoms with E-state index in [1.54, 1.807) is 0 Å². The quantitative estimate of drug-likeness (QED) is 0.133. The Kier molecular flexibility index (Phi) is 6.21. The Morgan fingerprint density at radius 3 is 0.940 bits per heavy atom. The molecule has 0 radical (unpaired) electrons. The number of fused-ring (bicyclic) bond motifs is 9. The second-order valence-corrected chi connectivity index (χ2v) is 23.6. The van der Waals surface area contributed by atoms with Crippen LogP contribution in [0.25, 0.3) is 32.3 Å². The Bertz CT molecular complexity index is 2410. The molecule has 8 aromatic carbocycles. The molecule has 4 heteroatoms. The van der Waals surface area contributed by atoms with Crippen LogP contribution in [0.5, 0.6) is 0 Å². The van der Waals surface area contributed by atoms with Gasteiger partial charge in [-0.1, -0.05) is 148 Å². The van der Waals surface area contributed by atoms with Crippen molar-refractivity contribution in [2.75, 3.05) is 9.80 Å². The summed E-state index contributed by atoms with van der Waals surface area (Å²) in [6.45, 7) is 9.99. The van der Waals surface area contributed by atoms with Gasteiger partial charge in [0.1, 0.15) is 16.1 Å². The molecule has 0 atom stereocenters. The average molecular weight is 675 g/mol. The number of para-hydroxylation sites is 4. The molecule has 240 valence electrons. The molecule has 2 nitrogen and oxygen atoms in total. The fourth-order valence-corrected chi connectivity index (χ4v) is 15.1. The minimum Gasteiger partial charge on any atom is -0.310 e. The molecule has 0 saturated carbocycles. The van der Waals surface area contributed by atoms with Crippen molar-refractivity contribution >= 4 is 103 Å². The summed E-state index contributed by atoms with van der Waals surface area (Å²) in [4.78, 5) is 5.11. The maximum atomic E-state index is 2.55. The van der Waals surface area contributed by atoms with Gasteiger partial charge in [0, 0.05) is 33.5 Å². The molecular weight excluding hydrogens is 637 g/mol. The van der Waals surface area contributed by atoms with Gasteiger partial charge >= 0.3 is 0 Å². The van der Waals surface area contributed by atoms with Crippen molar-refractivity contribution in [3.05, 3.63) is 158 Å². The molecule has 0 unspecified atom stereocenters. The third-order valence-electron chi connectivity index (χ3n) is 11.6. The van der Waals surface area contributed by atoms with Crippen LogP contribution in [0.3, 0.4) is 0 Å². The van der Waals surface area contributed by atoms with Crippen molar-refractivity contribution in [1.82, 2.24) is 0 Å². The summed E-state index contributed by atoms with van der Waals surface area (Å²) in [5.74, 6) is 0. The first-order chi connectivity index (χ1) is 24.4. The van der Waals surface area contributed by atoms with Gasteiger partial charge in [0.2, 0.25) is 0 Å². The van der Waals surface area contributed by atoms with Crippen LogP contribution in [0.2, 0.25) is 26.2 Å². The van der Waals surface area contributed by atoms with Crippen molar-refractivity contribution < 1.29 is 0 Å². The molecule has 0 spiro atoms. The highest BCUT2D eigenvalue weighted by molar-refractivity contribution is 7.03. The third kappa shape index (κ3) is 3.94. The van der Waals surface area contributed by atoms with E-state index in [1.165, 1.54) is 87.2 Å². The molecule has 10 rings (SSSR count). The number of benzene rings is 8. The lowest BCUT2D eigenvalue weighted by atomic mass is 9.93. The standard InChI is InChI=1S/C46H38N2Si2/c1-49(2)42-25-13-9-21-36(42)47(37-22-10-14-26-43(37)49)40-29-31-30-41(33-18-6-8-20-35(33)46(31)34-19-7-5-17-32(34)40)48-38-23-11-15-27-44(38)50(3,4)45-28-16-12-24-39(45)48/h5-30H,1-4H3. The second kappa shape index (κ2) is 10.5. The van der Waals surface area contributed by atoms with Crippen LogP contribution in [-0.2, 0) is 0 Å². The largest absolute Gasteiger partial charge is 0.310 e. The predicted octanol–water partition coefficient (Wildman–Crippen LogP) is 10.4. The van der Waals surface area contributed by atoms with E-state index >= 15 is 0 Å². The van der Waals surface area contributed by atoms with Gasteiger partial charge < -0.3 is 9.80 Å². The summed E-state index contributed by atoms with van der Waals surface area (Å²) in [7, 11) is -3.84. The monoisotopic (exact) mass is 674 g/mol. The minimum atomic E-state index is -1.92. The molecule has 0 saturated heterocycles.